The van der Waals surface area contributed by atoms with E-state index in [-0.39, 0.29) is 31.6 Å². The monoisotopic (exact) mass is 601 g/mol. The van der Waals surface area contributed by atoms with Crippen molar-refractivity contribution in [2.24, 2.45) is 5.92 Å². The van der Waals surface area contributed by atoms with Crippen LogP contribution in [-0.2, 0) is 31.7 Å². The maximum atomic E-state index is 13.7. The lowest BCUT2D eigenvalue weighted by molar-refractivity contribution is -0.141. The fourth-order valence-electron chi connectivity index (χ4n) is 4.96. The zero-order chi connectivity index (χ0) is 30.5. The van der Waals surface area contributed by atoms with Crippen molar-refractivity contribution in [3.8, 4) is 11.3 Å². The van der Waals surface area contributed by atoms with Crippen LogP contribution in [0.1, 0.15) is 45.1 Å². The van der Waals surface area contributed by atoms with E-state index in [1.165, 1.54) is 17.4 Å². The van der Waals surface area contributed by atoms with Gasteiger partial charge in [-0.15, -0.1) is 0 Å². The van der Waals surface area contributed by atoms with E-state index < -0.39 is 54.8 Å². The van der Waals surface area contributed by atoms with E-state index in [0.29, 0.717) is 17.8 Å². The molecule has 13 nitrogen and oxygen atoms in total. The molecule has 14 heteroatoms. The van der Waals surface area contributed by atoms with Gasteiger partial charge >= 0.3 is 12.1 Å². The third-order valence-corrected chi connectivity index (χ3v) is 9.28. The van der Waals surface area contributed by atoms with Crippen LogP contribution in [0.25, 0.3) is 11.3 Å². The van der Waals surface area contributed by atoms with Crippen molar-refractivity contribution in [1.82, 2.24) is 25.3 Å². The molecule has 2 aromatic heterocycles. The highest BCUT2D eigenvalue weighted by molar-refractivity contribution is 7.58. The summed E-state index contributed by atoms with van der Waals surface area (Å²) in [5.41, 5.74) is 1.08. The predicted octanol–water partition coefficient (Wildman–Crippen LogP) is 3.66. The van der Waals surface area contributed by atoms with Gasteiger partial charge in [0.05, 0.1) is 12.2 Å². The molecule has 4 rings (SSSR count). The largest absolute Gasteiger partial charge is 0.481 e. The first kappa shape index (κ1) is 31.0. The number of carbonyl (C=O) groups is 3. The van der Waals surface area contributed by atoms with Crippen LogP contribution in [0.4, 0.5) is 4.79 Å². The smallest absolute Gasteiger partial charge is 0.408 e. The Balaban J connectivity index is 1.49. The van der Waals surface area contributed by atoms with Gasteiger partial charge < -0.3 is 34.5 Å². The van der Waals surface area contributed by atoms with Crippen LogP contribution in [0.15, 0.2) is 53.4 Å². The Bertz CT molecular complexity index is 1420. The number of nitrogens with one attached hydrogen (secondary N) is 2. The minimum absolute atomic E-state index is 0.0457. The summed E-state index contributed by atoms with van der Waals surface area (Å²) in [6, 6.07) is 9.70. The molecule has 1 aromatic carbocycles. The molecule has 1 saturated heterocycles. The number of hydrogen-bond donors (Lipinski definition) is 4. The van der Waals surface area contributed by atoms with Crippen LogP contribution in [0.5, 0.6) is 0 Å². The molecule has 0 bridgehead atoms. The second kappa shape index (κ2) is 12.9. The Labute approximate surface area is 243 Å². The number of imidazole rings is 1. The van der Waals surface area contributed by atoms with Gasteiger partial charge in [-0.05, 0) is 33.6 Å². The second-order valence-corrected chi connectivity index (χ2v) is 13.8. The minimum atomic E-state index is -4.23. The van der Waals surface area contributed by atoms with Gasteiger partial charge in [-0.3, -0.25) is 14.2 Å². The SMILES string of the molecule is CC(C)(C)OC(=O)N[C@@H](Cc1cnc[nH]1)C(=O)N1CCC[C@@H]1P(=O)(O)C[C@@H](Cc1cc(-c2ccccc2)no1)C(=O)O. The first-order valence-electron chi connectivity index (χ1n) is 13.6. The normalized spacial score (nSPS) is 18.2. The minimum Gasteiger partial charge on any atom is -0.481 e. The number of aliphatic carboxylic acids is 1. The van der Waals surface area contributed by atoms with Gasteiger partial charge in [0.25, 0.3) is 0 Å². The Morgan fingerprint density at radius 2 is 1.98 bits per heavy atom. The van der Waals surface area contributed by atoms with Crippen LogP contribution in [0, 0.1) is 5.92 Å². The molecule has 1 aliphatic rings. The lowest BCUT2D eigenvalue weighted by Crippen LogP contribution is -2.52. The van der Waals surface area contributed by atoms with Crippen molar-refractivity contribution in [3.63, 3.8) is 0 Å². The van der Waals surface area contributed by atoms with Gasteiger partial charge in [0.15, 0.2) is 0 Å². The van der Waals surface area contributed by atoms with E-state index >= 15 is 0 Å². The Hall–Kier alpha value is -3.96. The standard InChI is InChI=1S/C28H36N5O8P/c1-28(2,3)40-27(37)31-23(13-20-15-29-17-30-20)25(34)33-11-7-10-24(33)42(38,39)16-19(26(35)36)12-21-14-22(32-41-21)18-8-5-4-6-9-18/h4-6,8-9,14-15,17,19,23-24H,7,10-13,16H2,1-3H3,(H,29,30)(H,31,37)(H,35,36)(H,38,39)/t19-,23+,24+/m1/s1. The van der Waals surface area contributed by atoms with Gasteiger partial charge in [0, 0.05) is 49.1 Å². The number of rotatable bonds is 11. The summed E-state index contributed by atoms with van der Waals surface area (Å²) in [4.78, 5) is 57.8. The van der Waals surface area contributed by atoms with E-state index in [2.05, 4.69) is 20.4 Å². The van der Waals surface area contributed by atoms with E-state index in [4.69, 9.17) is 9.26 Å². The number of H-pyrrole nitrogens is 1. The van der Waals surface area contributed by atoms with Crippen molar-refractivity contribution in [2.45, 2.75) is 63.9 Å². The highest BCUT2D eigenvalue weighted by atomic mass is 31.2. The lowest BCUT2D eigenvalue weighted by Gasteiger charge is -2.32. The first-order chi connectivity index (χ1) is 19.8. The van der Waals surface area contributed by atoms with Gasteiger partial charge in [0.2, 0.25) is 13.3 Å². The predicted molar refractivity (Wildman–Crippen MR) is 152 cm³/mol. The van der Waals surface area contributed by atoms with E-state index in [1.807, 2.05) is 30.3 Å². The Morgan fingerprint density at radius 1 is 1.24 bits per heavy atom. The summed E-state index contributed by atoms with van der Waals surface area (Å²) in [5.74, 6) is -3.92. The molecule has 3 aromatic rings. The molecule has 4 N–H and O–H groups in total. The highest BCUT2D eigenvalue weighted by Gasteiger charge is 2.45. The Kier molecular flexibility index (Phi) is 9.53. The van der Waals surface area contributed by atoms with Gasteiger partial charge in [-0.2, -0.15) is 0 Å². The zero-order valence-corrected chi connectivity index (χ0v) is 24.6. The lowest BCUT2D eigenvalue weighted by atomic mass is 10.1. The number of carboxylic acid groups (broad SMARTS) is 1. The number of amides is 2. The maximum absolute atomic E-state index is 13.7. The molecule has 0 aliphatic carbocycles. The molecule has 1 aliphatic heterocycles. The molecule has 2 amide bonds. The summed E-state index contributed by atoms with van der Waals surface area (Å²) in [6.07, 6.45) is 2.14. The number of benzene rings is 1. The molecule has 0 spiro atoms. The van der Waals surface area contributed by atoms with Crippen LogP contribution < -0.4 is 5.32 Å². The fraction of sp³-hybridized carbons (Fsp3) is 0.464. The molecular formula is C28H36N5O8P. The fourth-order valence-corrected chi connectivity index (χ4v) is 7.37. The van der Waals surface area contributed by atoms with Crippen molar-refractivity contribution < 1.29 is 38.2 Å². The van der Waals surface area contributed by atoms with Gasteiger partial charge in [-0.25, -0.2) is 9.78 Å². The number of alkyl carbamates (subject to hydrolysis) is 1. The molecule has 3 heterocycles. The van der Waals surface area contributed by atoms with E-state index in [0.717, 1.165) is 5.56 Å². The number of ether oxygens (including phenoxy) is 1. The van der Waals surface area contributed by atoms with Crippen molar-refractivity contribution >= 4 is 25.3 Å². The van der Waals surface area contributed by atoms with Gasteiger partial charge in [0.1, 0.15) is 28.9 Å². The molecule has 226 valence electrons. The summed E-state index contributed by atoms with van der Waals surface area (Å²) >= 11 is 0. The zero-order valence-electron chi connectivity index (χ0n) is 23.7. The molecule has 1 unspecified atom stereocenters. The van der Waals surface area contributed by atoms with Crippen LogP contribution in [0.2, 0.25) is 0 Å². The molecule has 0 saturated carbocycles. The number of aromatic amines is 1. The molecule has 4 atom stereocenters. The number of carboxylic acids is 1. The second-order valence-electron chi connectivity index (χ2n) is 11.4. The third kappa shape index (κ3) is 8.07. The maximum Gasteiger partial charge on any atom is 0.408 e. The molecule has 42 heavy (non-hydrogen) atoms. The summed E-state index contributed by atoms with van der Waals surface area (Å²) in [5, 5.41) is 16.5. The van der Waals surface area contributed by atoms with E-state index in [9.17, 15) is 28.9 Å². The molecule has 0 radical (unpaired) electrons. The number of likely N-dealkylation sites (tertiary alicyclic amines) is 1. The number of nitrogens with zero attached hydrogens (tertiary/aromatic N) is 3. The summed E-state index contributed by atoms with van der Waals surface area (Å²) < 4.78 is 24.4. The first-order valence-corrected chi connectivity index (χ1v) is 15.6. The van der Waals surface area contributed by atoms with Crippen molar-refractivity contribution in [3.05, 3.63) is 60.4 Å². The number of aromatic nitrogens is 3. The van der Waals surface area contributed by atoms with Crippen LogP contribution in [0.3, 0.4) is 0 Å². The topological polar surface area (TPSA) is 188 Å². The number of hydrogen-bond acceptors (Lipinski definition) is 8. The van der Waals surface area contributed by atoms with E-state index in [1.54, 1.807) is 26.8 Å². The summed E-state index contributed by atoms with van der Waals surface area (Å²) in [7, 11) is -4.23. The average Bonchev–Trinajstić information content (AvgIpc) is 3.69. The van der Waals surface area contributed by atoms with Crippen molar-refractivity contribution in [1.29, 1.82) is 0 Å². The summed E-state index contributed by atoms with van der Waals surface area (Å²) in [6.45, 7) is 5.26. The Morgan fingerprint density at radius 3 is 2.62 bits per heavy atom. The van der Waals surface area contributed by atoms with Crippen LogP contribution in [-0.4, -0.2) is 78.1 Å². The molecular weight excluding hydrogens is 565 g/mol. The van der Waals surface area contributed by atoms with Gasteiger partial charge in [-0.1, -0.05) is 35.5 Å². The average molecular weight is 602 g/mol. The number of carbonyl (C=O) groups excluding carboxylic acids is 2. The van der Waals surface area contributed by atoms with Crippen molar-refractivity contribution in [2.75, 3.05) is 12.7 Å². The third-order valence-electron chi connectivity index (χ3n) is 6.85. The highest BCUT2D eigenvalue weighted by Crippen LogP contribution is 2.53. The van der Waals surface area contributed by atoms with Crippen LogP contribution >= 0.6 is 7.37 Å². The molecule has 1 fully saturated rings. The quantitative estimate of drug-likeness (QED) is 0.236.